The van der Waals surface area contributed by atoms with Crippen molar-refractivity contribution in [3.63, 3.8) is 0 Å². The van der Waals surface area contributed by atoms with Gasteiger partial charge in [-0.05, 0) is 61.7 Å². The van der Waals surface area contributed by atoms with Crippen LogP contribution in [0.5, 0.6) is 5.75 Å². The highest BCUT2D eigenvalue weighted by Gasteiger charge is 2.31. The first-order chi connectivity index (χ1) is 17.8. The summed E-state index contributed by atoms with van der Waals surface area (Å²) in [5.74, 6) is -0.272. The minimum atomic E-state index is -0.480. The summed E-state index contributed by atoms with van der Waals surface area (Å²) in [6.07, 6.45) is 1.94. The number of carbonyl (C=O) groups is 2. The number of anilines is 1. The van der Waals surface area contributed by atoms with E-state index in [9.17, 15) is 14.7 Å². The molecule has 0 unspecified atom stereocenters. The number of phenolic OH excluding ortho intramolecular Hbond substituents is 1. The van der Waals surface area contributed by atoms with Crippen molar-refractivity contribution in [1.29, 1.82) is 0 Å². The predicted octanol–water partition coefficient (Wildman–Crippen LogP) is 6.76. The van der Waals surface area contributed by atoms with Crippen molar-refractivity contribution in [2.24, 2.45) is 0 Å². The molecule has 0 radical (unpaired) electrons. The van der Waals surface area contributed by atoms with Gasteiger partial charge in [0.2, 0.25) is 0 Å². The Labute approximate surface area is 224 Å². The van der Waals surface area contributed by atoms with Crippen molar-refractivity contribution in [1.82, 2.24) is 15.1 Å². The van der Waals surface area contributed by atoms with Crippen LogP contribution in [0.15, 0.2) is 66.7 Å². The van der Waals surface area contributed by atoms with Gasteiger partial charge in [-0.25, -0.2) is 4.79 Å². The van der Waals surface area contributed by atoms with Gasteiger partial charge in [0.25, 0.3) is 5.91 Å². The lowest BCUT2D eigenvalue weighted by Crippen LogP contribution is -2.30. The predicted molar refractivity (Wildman–Crippen MR) is 145 cm³/mol. The number of hydrogen-bond acceptors (Lipinski definition) is 4. The van der Waals surface area contributed by atoms with E-state index in [1.54, 1.807) is 30.3 Å². The van der Waals surface area contributed by atoms with E-state index in [1.807, 2.05) is 37.3 Å². The van der Waals surface area contributed by atoms with E-state index in [-0.39, 0.29) is 33.3 Å². The van der Waals surface area contributed by atoms with Gasteiger partial charge in [-0.1, -0.05) is 59.1 Å². The molecule has 1 heterocycles. The first kappa shape index (κ1) is 24.9. The third-order valence-corrected chi connectivity index (χ3v) is 6.84. The van der Waals surface area contributed by atoms with Crippen LogP contribution in [0, 0.1) is 6.92 Å². The largest absolute Gasteiger partial charge is 0.507 e. The van der Waals surface area contributed by atoms with Crippen molar-refractivity contribution < 1.29 is 14.7 Å². The molecule has 0 bridgehead atoms. The normalized spacial score (nSPS) is 12.8. The maximum absolute atomic E-state index is 13.0. The van der Waals surface area contributed by atoms with Crippen LogP contribution in [0.4, 0.5) is 10.5 Å². The Kier molecular flexibility index (Phi) is 6.91. The average Bonchev–Trinajstić information content (AvgIpc) is 3.62. The molecule has 0 atom stereocenters. The van der Waals surface area contributed by atoms with E-state index in [0.717, 1.165) is 29.7 Å². The second-order valence-corrected chi connectivity index (χ2v) is 9.88. The van der Waals surface area contributed by atoms with E-state index in [1.165, 1.54) is 10.7 Å². The number of amides is 2. The first-order valence-electron chi connectivity index (χ1n) is 11.8. The summed E-state index contributed by atoms with van der Waals surface area (Å²) in [5, 5.41) is 21.3. The number of carbonyl (C=O) groups excluding carboxylic acids is 2. The molecule has 5 rings (SSSR count). The maximum Gasteiger partial charge on any atom is 0.342 e. The Balaban J connectivity index is 1.40. The van der Waals surface area contributed by atoms with Crippen LogP contribution in [0.3, 0.4) is 0 Å². The summed E-state index contributed by atoms with van der Waals surface area (Å²) in [4.78, 5) is 25.9. The lowest BCUT2D eigenvalue weighted by atomic mass is 10.1. The molecule has 1 aliphatic rings. The third-order valence-electron chi connectivity index (χ3n) is 6.21. The zero-order chi connectivity index (χ0) is 26.1. The molecular weight excluding hydrogens is 511 g/mol. The van der Waals surface area contributed by atoms with Gasteiger partial charge in [0.05, 0.1) is 27.0 Å². The number of benzene rings is 3. The minimum absolute atomic E-state index is 0.0270. The number of nitrogens with zero attached hydrogens (tertiary/aromatic N) is 2. The minimum Gasteiger partial charge on any atom is -0.507 e. The summed E-state index contributed by atoms with van der Waals surface area (Å²) >= 11 is 12.3. The molecule has 1 saturated carbocycles. The van der Waals surface area contributed by atoms with E-state index in [2.05, 4.69) is 15.7 Å². The van der Waals surface area contributed by atoms with Crippen molar-refractivity contribution >= 4 is 40.8 Å². The molecule has 7 nitrogen and oxygen atoms in total. The van der Waals surface area contributed by atoms with Crippen LogP contribution >= 0.6 is 23.2 Å². The van der Waals surface area contributed by atoms with Crippen LogP contribution in [0.2, 0.25) is 10.0 Å². The highest BCUT2D eigenvalue weighted by molar-refractivity contribution is 6.40. The first-order valence-corrected chi connectivity index (χ1v) is 12.6. The lowest BCUT2D eigenvalue weighted by molar-refractivity contribution is 0.102. The molecule has 1 aromatic heterocycles. The van der Waals surface area contributed by atoms with Crippen molar-refractivity contribution in [2.45, 2.75) is 32.2 Å². The molecule has 0 aliphatic heterocycles. The summed E-state index contributed by atoms with van der Waals surface area (Å²) in [7, 11) is 0. The van der Waals surface area contributed by atoms with Crippen molar-refractivity contribution in [2.75, 3.05) is 5.32 Å². The van der Waals surface area contributed by atoms with E-state index < -0.39 is 5.91 Å². The van der Waals surface area contributed by atoms with Gasteiger partial charge in [0.15, 0.2) is 0 Å². The molecule has 3 N–H and O–H groups in total. The molecule has 37 heavy (non-hydrogen) atoms. The van der Waals surface area contributed by atoms with Gasteiger partial charge in [-0.2, -0.15) is 9.78 Å². The number of phenols is 1. The zero-order valence-corrected chi connectivity index (χ0v) is 21.5. The molecule has 1 fully saturated rings. The number of aromatic hydroxyl groups is 1. The summed E-state index contributed by atoms with van der Waals surface area (Å²) in [5.41, 5.74) is 4.31. The second kappa shape index (κ2) is 10.3. The molecule has 4 aromatic rings. The number of rotatable bonds is 6. The molecule has 1 aliphatic carbocycles. The third kappa shape index (κ3) is 5.48. The van der Waals surface area contributed by atoms with Crippen molar-refractivity contribution in [3.8, 4) is 17.0 Å². The van der Waals surface area contributed by atoms with Gasteiger partial charge in [-0.3, -0.25) is 4.79 Å². The van der Waals surface area contributed by atoms with Crippen molar-refractivity contribution in [3.05, 3.63) is 99.2 Å². The Morgan fingerprint density at radius 3 is 2.41 bits per heavy atom. The number of aryl methyl sites for hydroxylation is 1. The Morgan fingerprint density at radius 1 is 1.03 bits per heavy atom. The second-order valence-electron chi connectivity index (χ2n) is 9.07. The highest BCUT2D eigenvalue weighted by atomic mass is 35.5. The zero-order valence-electron chi connectivity index (χ0n) is 20.0. The summed E-state index contributed by atoms with van der Waals surface area (Å²) < 4.78 is 1.37. The smallest absolute Gasteiger partial charge is 0.342 e. The molecule has 188 valence electrons. The van der Waals surface area contributed by atoms with Crippen LogP contribution in [-0.2, 0) is 6.54 Å². The van der Waals surface area contributed by atoms with Crippen LogP contribution in [0.25, 0.3) is 11.3 Å². The average molecular weight is 535 g/mol. The molecule has 0 spiro atoms. The van der Waals surface area contributed by atoms with E-state index in [4.69, 9.17) is 23.2 Å². The lowest BCUT2D eigenvalue weighted by Gasteiger charge is -2.10. The monoisotopic (exact) mass is 534 g/mol. The number of hydrogen-bond donors (Lipinski definition) is 3. The Hall–Kier alpha value is -3.81. The van der Waals surface area contributed by atoms with Gasteiger partial charge in [0, 0.05) is 23.7 Å². The van der Waals surface area contributed by atoms with Crippen LogP contribution in [-0.4, -0.2) is 26.8 Å². The van der Waals surface area contributed by atoms with Gasteiger partial charge in [0.1, 0.15) is 5.75 Å². The fourth-order valence-corrected chi connectivity index (χ4v) is 4.61. The van der Waals surface area contributed by atoms with Crippen LogP contribution < -0.4 is 10.6 Å². The van der Waals surface area contributed by atoms with Gasteiger partial charge < -0.3 is 15.7 Å². The number of aromatic nitrogens is 2. The van der Waals surface area contributed by atoms with Gasteiger partial charge in [-0.15, -0.1) is 0 Å². The SMILES string of the molecule is Cc1ccc(CNC(=O)n2nc(-c3cc(NC(=O)c4c(Cl)cccc4Cl)ccc3O)cc2C2CC2)cc1. The molecule has 2 amide bonds. The summed E-state index contributed by atoms with van der Waals surface area (Å²) in [6.45, 7) is 2.38. The van der Waals surface area contributed by atoms with Crippen LogP contribution in [0.1, 0.15) is 45.9 Å². The molecular formula is C28H24Cl2N4O3. The highest BCUT2D eigenvalue weighted by Crippen LogP contribution is 2.42. The fraction of sp³-hybridized carbons (Fsp3) is 0.179. The maximum atomic E-state index is 13.0. The Morgan fingerprint density at radius 2 is 1.73 bits per heavy atom. The van der Waals surface area contributed by atoms with E-state index in [0.29, 0.717) is 23.5 Å². The topological polar surface area (TPSA) is 96.3 Å². The van der Waals surface area contributed by atoms with E-state index >= 15 is 0 Å². The molecule has 3 aromatic carbocycles. The standard InChI is InChI=1S/C28H24Cl2N4O3/c1-16-5-7-17(8-6-16)15-31-28(37)34-24(18-9-10-18)14-23(33-34)20-13-19(11-12-25(20)35)32-27(36)26-21(29)3-2-4-22(26)30/h2-8,11-14,18,35H,9-10,15H2,1H3,(H,31,37)(H,32,36). The number of nitrogens with one attached hydrogen (secondary N) is 2. The number of halogens is 2. The molecule has 9 heteroatoms. The molecule has 0 saturated heterocycles. The summed E-state index contributed by atoms with van der Waals surface area (Å²) in [6, 6.07) is 18.9. The van der Waals surface area contributed by atoms with Gasteiger partial charge >= 0.3 is 6.03 Å². The fourth-order valence-electron chi connectivity index (χ4n) is 4.05. The quantitative estimate of drug-likeness (QED) is 0.238. The Bertz CT molecular complexity index is 1470.